The van der Waals surface area contributed by atoms with E-state index >= 15 is 0 Å². The quantitative estimate of drug-likeness (QED) is 0.464. The van der Waals surface area contributed by atoms with E-state index in [9.17, 15) is 14.7 Å². The first-order valence-electron chi connectivity index (χ1n) is 11.7. The number of carbonyl (C=O) groups excluding carboxylic acids is 2. The molecular formula is C26H30N4O4S. The van der Waals surface area contributed by atoms with Crippen molar-refractivity contribution in [3.05, 3.63) is 46.6 Å². The van der Waals surface area contributed by atoms with Gasteiger partial charge in [0.15, 0.2) is 0 Å². The number of thiophene rings is 1. The maximum Gasteiger partial charge on any atom is 0.234 e. The van der Waals surface area contributed by atoms with Crippen LogP contribution in [0.1, 0.15) is 36.0 Å². The second kappa shape index (κ2) is 8.74. The Labute approximate surface area is 208 Å². The van der Waals surface area contributed by atoms with Crippen molar-refractivity contribution >= 4 is 33.4 Å². The molecule has 9 heteroatoms. The number of likely N-dealkylation sites (N-methyl/N-ethyl adjacent to an activating group) is 1. The summed E-state index contributed by atoms with van der Waals surface area (Å²) < 4.78 is 6.45. The Morgan fingerprint density at radius 2 is 1.89 bits per heavy atom. The summed E-state index contributed by atoms with van der Waals surface area (Å²) in [5.74, 6) is -0.525. The van der Waals surface area contributed by atoms with Gasteiger partial charge >= 0.3 is 0 Å². The summed E-state index contributed by atoms with van der Waals surface area (Å²) in [6.45, 7) is 6.65. The number of aliphatic hydroxyl groups excluding tert-OH is 1. The molecule has 0 bridgehead atoms. The second-order valence-electron chi connectivity index (χ2n) is 9.99. The van der Waals surface area contributed by atoms with Crippen LogP contribution in [-0.4, -0.2) is 58.6 Å². The summed E-state index contributed by atoms with van der Waals surface area (Å²) in [7, 11) is 3.40. The number of nitrogens with zero attached hydrogens (tertiary/aromatic N) is 3. The Balaban J connectivity index is 1.51. The Morgan fingerprint density at radius 3 is 2.54 bits per heavy atom. The molecule has 3 aromatic rings. The molecule has 1 saturated carbocycles. The van der Waals surface area contributed by atoms with Gasteiger partial charge in [-0.05, 0) is 43.1 Å². The van der Waals surface area contributed by atoms with Crippen molar-refractivity contribution in [1.29, 1.82) is 0 Å². The van der Waals surface area contributed by atoms with Gasteiger partial charge in [0, 0.05) is 42.1 Å². The first kappa shape index (κ1) is 24.0. The zero-order valence-corrected chi connectivity index (χ0v) is 21.3. The third-order valence-electron chi connectivity index (χ3n) is 7.49. The standard InChI is InChI=1S/C26H30N4O4S/c1-13-6-8-29-21(18(13)22(31)17(34-5)11-27-4)15-7-9-28-16-10-14(35-23(15)16)12-30-24(32)19-20(25(30)33)26(19,2)3/h6-10,17,19-20,22,27,31H,11-12H2,1-5H3/t17-,19?,20?,22?/m0/s1. The highest BCUT2D eigenvalue weighted by molar-refractivity contribution is 7.19. The van der Waals surface area contributed by atoms with E-state index in [2.05, 4.69) is 15.3 Å². The highest BCUT2D eigenvalue weighted by Gasteiger charge is 2.72. The molecule has 2 amide bonds. The second-order valence-corrected chi connectivity index (χ2v) is 11.1. The molecule has 4 atom stereocenters. The number of amides is 2. The minimum absolute atomic E-state index is 0.0726. The highest BCUT2D eigenvalue weighted by atomic mass is 32.1. The molecule has 1 aliphatic heterocycles. The number of likely N-dealkylation sites (tertiary alicyclic amines) is 1. The molecule has 1 aliphatic carbocycles. The van der Waals surface area contributed by atoms with Crippen molar-refractivity contribution in [2.24, 2.45) is 17.3 Å². The largest absolute Gasteiger partial charge is 0.386 e. The average molecular weight is 495 g/mol. The monoisotopic (exact) mass is 494 g/mol. The third-order valence-corrected chi connectivity index (χ3v) is 8.63. The first-order valence-corrected chi connectivity index (χ1v) is 12.6. The number of hydrogen-bond acceptors (Lipinski definition) is 8. The van der Waals surface area contributed by atoms with Crippen molar-refractivity contribution in [3.8, 4) is 11.3 Å². The number of piperidine rings is 1. The van der Waals surface area contributed by atoms with Crippen molar-refractivity contribution in [1.82, 2.24) is 20.2 Å². The Morgan fingerprint density at radius 1 is 1.20 bits per heavy atom. The van der Waals surface area contributed by atoms with E-state index in [4.69, 9.17) is 4.74 Å². The lowest BCUT2D eigenvalue weighted by Crippen LogP contribution is -2.35. The summed E-state index contributed by atoms with van der Waals surface area (Å²) in [6.07, 6.45) is 2.13. The summed E-state index contributed by atoms with van der Waals surface area (Å²) in [5, 5.41) is 14.3. The Hall–Kier alpha value is -2.72. The normalized spacial score (nSPS) is 22.5. The van der Waals surface area contributed by atoms with E-state index in [1.54, 1.807) is 19.5 Å². The van der Waals surface area contributed by atoms with Crippen molar-refractivity contribution in [3.63, 3.8) is 0 Å². The number of hydrogen-bond donors (Lipinski definition) is 2. The van der Waals surface area contributed by atoms with Gasteiger partial charge in [-0.25, -0.2) is 0 Å². The van der Waals surface area contributed by atoms with Crippen LogP contribution >= 0.6 is 11.3 Å². The number of carbonyl (C=O) groups is 2. The summed E-state index contributed by atoms with van der Waals surface area (Å²) >= 11 is 1.50. The van der Waals surface area contributed by atoms with Gasteiger partial charge in [-0.1, -0.05) is 13.8 Å². The van der Waals surface area contributed by atoms with Crippen LogP contribution in [0.15, 0.2) is 30.6 Å². The van der Waals surface area contributed by atoms with Crippen molar-refractivity contribution in [2.75, 3.05) is 20.7 Å². The summed E-state index contributed by atoms with van der Waals surface area (Å²) in [4.78, 5) is 37.1. The van der Waals surface area contributed by atoms with Crippen LogP contribution in [0, 0.1) is 24.2 Å². The van der Waals surface area contributed by atoms with Gasteiger partial charge < -0.3 is 15.2 Å². The molecule has 2 N–H and O–H groups in total. The van der Waals surface area contributed by atoms with Crippen LogP contribution in [0.4, 0.5) is 0 Å². The molecule has 0 radical (unpaired) electrons. The van der Waals surface area contributed by atoms with E-state index < -0.39 is 12.2 Å². The maximum atomic E-state index is 12.8. The van der Waals surface area contributed by atoms with E-state index in [-0.39, 0.29) is 35.6 Å². The number of nitrogens with one attached hydrogen (secondary N) is 1. The van der Waals surface area contributed by atoms with E-state index in [1.807, 2.05) is 46.0 Å². The molecule has 2 fully saturated rings. The molecule has 5 rings (SSSR count). The van der Waals surface area contributed by atoms with Crippen molar-refractivity contribution < 1.29 is 19.4 Å². The number of fused-ring (bicyclic) bond motifs is 2. The maximum absolute atomic E-state index is 12.8. The number of aliphatic hydroxyl groups is 1. The first-order chi connectivity index (χ1) is 16.7. The van der Waals surface area contributed by atoms with Gasteiger partial charge in [0.2, 0.25) is 11.8 Å². The van der Waals surface area contributed by atoms with Crippen LogP contribution in [-0.2, 0) is 20.9 Å². The fraction of sp³-hybridized carbons (Fsp3) is 0.462. The van der Waals surface area contributed by atoms with Crippen LogP contribution in [0.25, 0.3) is 21.5 Å². The number of aromatic nitrogens is 2. The molecule has 2 aliphatic rings. The van der Waals surface area contributed by atoms with E-state index in [0.717, 1.165) is 26.2 Å². The average Bonchev–Trinajstić information content (AvgIpc) is 3.07. The smallest absolute Gasteiger partial charge is 0.234 e. The number of ether oxygens (including phenoxy) is 1. The van der Waals surface area contributed by atoms with Gasteiger partial charge in [-0.3, -0.25) is 24.5 Å². The molecule has 184 valence electrons. The van der Waals surface area contributed by atoms with E-state index in [1.165, 1.54) is 16.2 Å². The number of rotatable bonds is 8. The topological polar surface area (TPSA) is 105 Å². The van der Waals surface area contributed by atoms with Crippen LogP contribution in [0.2, 0.25) is 0 Å². The predicted octanol–water partition coefficient (Wildman–Crippen LogP) is 3.08. The molecule has 35 heavy (non-hydrogen) atoms. The summed E-state index contributed by atoms with van der Waals surface area (Å²) in [5.41, 5.74) is 3.70. The fourth-order valence-corrected chi connectivity index (χ4v) is 6.55. The molecule has 4 heterocycles. The zero-order chi connectivity index (χ0) is 25.1. The van der Waals surface area contributed by atoms with Gasteiger partial charge in [0.25, 0.3) is 0 Å². The lowest BCUT2D eigenvalue weighted by atomic mass is 9.94. The molecule has 0 aromatic carbocycles. The van der Waals surface area contributed by atoms with Gasteiger partial charge in [0.1, 0.15) is 6.10 Å². The van der Waals surface area contributed by atoms with Crippen LogP contribution in [0.3, 0.4) is 0 Å². The molecule has 0 spiro atoms. The summed E-state index contributed by atoms with van der Waals surface area (Å²) in [6, 6.07) is 5.71. The SMILES string of the molecule is CNC[C@H](OC)C(O)c1c(C)ccnc1-c1ccnc2cc(CN3C(=O)C4C(C3=O)C4(C)C)sc12. The van der Waals surface area contributed by atoms with Gasteiger partial charge in [0.05, 0.1) is 40.4 Å². The molecular weight excluding hydrogens is 464 g/mol. The molecule has 3 unspecified atom stereocenters. The van der Waals surface area contributed by atoms with Crippen LogP contribution in [0.5, 0.6) is 0 Å². The van der Waals surface area contributed by atoms with Gasteiger partial charge in [-0.15, -0.1) is 11.3 Å². The molecule has 3 aromatic heterocycles. The van der Waals surface area contributed by atoms with Crippen molar-refractivity contribution in [2.45, 2.75) is 39.5 Å². The molecule has 8 nitrogen and oxygen atoms in total. The number of methoxy groups -OCH3 is 1. The number of aryl methyl sites for hydroxylation is 1. The minimum atomic E-state index is -0.881. The molecule has 1 saturated heterocycles. The van der Waals surface area contributed by atoms with E-state index in [0.29, 0.717) is 17.8 Å². The Kier molecular flexibility index (Phi) is 5.99. The lowest BCUT2D eigenvalue weighted by molar-refractivity contribution is -0.143. The number of pyridine rings is 2. The third kappa shape index (κ3) is 3.78. The zero-order valence-electron chi connectivity index (χ0n) is 20.5. The lowest BCUT2D eigenvalue weighted by Gasteiger charge is -2.25. The number of imide groups is 1. The highest BCUT2D eigenvalue weighted by Crippen LogP contribution is 2.63. The Bertz CT molecular complexity index is 1300. The minimum Gasteiger partial charge on any atom is -0.386 e. The van der Waals surface area contributed by atoms with Crippen LogP contribution < -0.4 is 5.32 Å². The predicted molar refractivity (Wildman–Crippen MR) is 134 cm³/mol. The fourth-order valence-electron chi connectivity index (χ4n) is 5.44. The van der Waals surface area contributed by atoms with Gasteiger partial charge in [-0.2, -0.15) is 0 Å².